The fourth-order valence-corrected chi connectivity index (χ4v) is 6.64. The molecule has 3 heterocycles. The van der Waals surface area contributed by atoms with E-state index in [1.54, 1.807) is 62.8 Å². The van der Waals surface area contributed by atoms with Crippen molar-refractivity contribution in [2.24, 2.45) is 10.8 Å². The first-order valence-corrected chi connectivity index (χ1v) is 23.6. The quantitative estimate of drug-likeness (QED) is 0.0941. The predicted octanol–water partition coefficient (Wildman–Crippen LogP) is 12.5. The first-order chi connectivity index (χ1) is 33.8. The van der Waals surface area contributed by atoms with Gasteiger partial charge in [0.15, 0.2) is 11.6 Å². The third-order valence-electron chi connectivity index (χ3n) is 11.5. The first kappa shape index (κ1) is 56.7. The molecule has 0 amide bonds. The number of methoxy groups -OCH3 is 2. The maximum atomic E-state index is 13.1. The van der Waals surface area contributed by atoms with Gasteiger partial charge in [0, 0.05) is 60.4 Å². The molecule has 72 heavy (non-hydrogen) atoms. The number of carbonyl (C=O) groups is 2. The number of aliphatic hydroxyl groups is 2. The van der Waals surface area contributed by atoms with Gasteiger partial charge >= 0.3 is 0 Å². The van der Waals surface area contributed by atoms with Gasteiger partial charge in [-0.15, -0.1) is 0 Å². The minimum absolute atomic E-state index is 0.0321. The molecule has 0 radical (unpaired) electrons. The summed E-state index contributed by atoms with van der Waals surface area (Å²) in [5.41, 5.74) is 4.68. The summed E-state index contributed by atoms with van der Waals surface area (Å²) in [5, 5.41) is 19.5. The van der Waals surface area contributed by atoms with Crippen molar-refractivity contribution in [1.82, 2.24) is 9.97 Å². The number of nitrogens with zero attached hydrogens (tertiary/aromatic N) is 2. The maximum absolute atomic E-state index is 13.1. The number of aromatic nitrogens is 2. The zero-order chi connectivity index (χ0) is 53.0. The van der Waals surface area contributed by atoms with Crippen molar-refractivity contribution >= 4 is 11.6 Å². The molecule has 0 bridgehead atoms. The molecule has 1 saturated heterocycles. The Kier molecular flexibility index (Phi) is 19.2. The number of ketones is 2. The molecule has 14 heteroatoms. The molecule has 1 aliphatic heterocycles. The number of Topliss-reactive ketones (excluding diaryl/α,β-unsaturated/α-hetero) is 2. The predicted molar refractivity (Wildman–Crippen MR) is 273 cm³/mol. The SMILES string of the molecule is CC(C)(C)C(=O)Cc1cc([C@H](O)CO)cc(-c2ccc(Oc3ccc(F)cc3)cc2)n1.CC1(C)OC[C@H](c2cc(CC(=O)C(C)(C)C)nc(-c3ccc(Oc4ccc(F)cc4)cc3)c2)O1.COC(C)(C)OC. The summed E-state index contributed by atoms with van der Waals surface area (Å²) < 4.78 is 59.2. The third kappa shape index (κ3) is 17.2. The summed E-state index contributed by atoms with van der Waals surface area (Å²) in [6, 6.07) is 33.5. The molecular formula is C58H68F2N2O10. The summed E-state index contributed by atoms with van der Waals surface area (Å²) in [7, 11) is 3.23. The molecule has 1 aliphatic rings. The molecule has 2 N–H and O–H groups in total. The molecule has 0 saturated carbocycles. The van der Waals surface area contributed by atoms with Gasteiger partial charge in [-0.2, -0.15) is 0 Å². The van der Waals surface area contributed by atoms with Crippen molar-refractivity contribution in [2.75, 3.05) is 27.4 Å². The van der Waals surface area contributed by atoms with E-state index >= 15 is 0 Å². The maximum Gasteiger partial charge on any atom is 0.163 e. The van der Waals surface area contributed by atoms with Crippen molar-refractivity contribution in [3.05, 3.63) is 155 Å². The van der Waals surface area contributed by atoms with Crippen LogP contribution in [0, 0.1) is 22.5 Å². The Morgan fingerprint density at radius 3 is 1.38 bits per heavy atom. The van der Waals surface area contributed by atoms with Crippen LogP contribution in [0.25, 0.3) is 22.5 Å². The lowest BCUT2D eigenvalue weighted by Crippen LogP contribution is -2.24. The zero-order valence-electron chi connectivity index (χ0n) is 43.3. The topological polar surface area (TPSA) is 156 Å². The Morgan fingerprint density at radius 1 is 0.639 bits per heavy atom. The van der Waals surface area contributed by atoms with Gasteiger partial charge in [-0.1, -0.05) is 41.5 Å². The number of benzene rings is 4. The molecular weight excluding hydrogens is 923 g/mol. The molecule has 7 rings (SSSR count). The second kappa shape index (κ2) is 24.4. The number of aliphatic hydroxyl groups excluding tert-OH is 2. The van der Waals surface area contributed by atoms with Gasteiger partial charge in [-0.3, -0.25) is 19.6 Å². The highest BCUT2D eigenvalue weighted by Crippen LogP contribution is 2.36. The van der Waals surface area contributed by atoms with Crippen LogP contribution in [0.15, 0.2) is 121 Å². The standard InChI is InChI=1S/C28H30FNO4.C25H26FNO4.C5H12O2/c1-27(2,3)26(31)16-21-14-19(25-17-32-28(4,5)34-25)15-24(30-21)18-6-10-22(11-7-18)33-23-12-8-20(29)9-13-23;1-25(2,3)24(30)14-19-12-17(23(29)15-28)13-22(27-19)16-4-8-20(9-5-16)31-21-10-6-18(26)7-11-21;1-5(2,6-3)7-4/h6-15,25H,16-17H2,1-5H3;4-13,23,28-29H,14-15H2,1-3H3;1-4H3/t25-;23-;/m11./s1. The average Bonchev–Trinajstić information content (AvgIpc) is 3.72. The van der Waals surface area contributed by atoms with Gasteiger partial charge in [0.1, 0.15) is 58.4 Å². The number of carbonyl (C=O) groups excluding carboxylic acids is 2. The number of halogens is 2. The van der Waals surface area contributed by atoms with E-state index in [0.717, 1.165) is 22.4 Å². The van der Waals surface area contributed by atoms with Crippen LogP contribution in [0.3, 0.4) is 0 Å². The van der Waals surface area contributed by atoms with Crippen LogP contribution in [-0.2, 0) is 41.4 Å². The van der Waals surface area contributed by atoms with E-state index in [1.807, 2.05) is 118 Å². The number of pyridine rings is 2. The Bertz CT molecular complexity index is 2710. The molecule has 0 spiro atoms. The van der Waals surface area contributed by atoms with E-state index in [4.69, 9.17) is 33.4 Å². The molecule has 2 aromatic heterocycles. The van der Waals surface area contributed by atoms with Crippen molar-refractivity contribution in [2.45, 2.75) is 106 Å². The summed E-state index contributed by atoms with van der Waals surface area (Å²) in [6.07, 6.45) is -0.922. The van der Waals surface area contributed by atoms with Crippen LogP contribution in [0.2, 0.25) is 0 Å². The second-order valence-electron chi connectivity index (χ2n) is 20.2. The van der Waals surface area contributed by atoms with Crippen molar-refractivity contribution in [3.63, 3.8) is 0 Å². The summed E-state index contributed by atoms with van der Waals surface area (Å²) in [4.78, 5) is 34.6. The molecule has 12 nitrogen and oxygen atoms in total. The van der Waals surface area contributed by atoms with Crippen LogP contribution in [-0.4, -0.2) is 70.8 Å². The van der Waals surface area contributed by atoms with Gasteiger partial charge in [0.05, 0.1) is 24.6 Å². The Hall–Kier alpha value is -6.26. The number of hydrogen-bond acceptors (Lipinski definition) is 12. The van der Waals surface area contributed by atoms with Gasteiger partial charge < -0.3 is 38.6 Å². The normalized spacial score (nSPS) is 14.8. The fourth-order valence-electron chi connectivity index (χ4n) is 6.64. The zero-order valence-corrected chi connectivity index (χ0v) is 43.3. The minimum Gasteiger partial charge on any atom is -0.457 e. The van der Waals surface area contributed by atoms with E-state index in [2.05, 4.69) is 4.98 Å². The summed E-state index contributed by atoms with van der Waals surface area (Å²) >= 11 is 0. The average molecular weight is 991 g/mol. The number of ether oxygens (including phenoxy) is 6. The fraction of sp³-hybridized carbons (Fsp3) is 0.379. The van der Waals surface area contributed by atoms with Crippen molar-refractivity contribution in [1.29, 1.82) is 0 Å². The van der Waals surface area contributed by atoms with Gasteiger partial charge in [-0.05, 0) is 160 Å². The van der Waals surface area contributed by atoms with Crippen molar-refractivity contribution < 1.29 is 57.0 Å². The van der Waals surface area contributed by atoms with E-state index in [-0.39, 0.29) is 42.1 Å². The Morgan fingerprint density at radius 2 is 1.03 bits per heavy atom. The van der Waals surface area contributed by atoms with Crippen molar-refractivity contribution in [3.8, 4) is 45.5 Å². The van der Waals surface area contributed by atoms with Gasteiger partial charge in [0.2, 0.25) is 0 Å². The highest BCUT2D eigenvalue weighted by Gasteiger charge is 2.34. The van der Waals surface area contributed by atoms with Crippen LogP contribution < -0.4 is 9.47 Å². The number of rotatable bonds is 15. The molecule has 0 unspecified atom stereocenters. The monoisotopic (exact) mass is 990 g/mol. The van der Waals surface area contributed by atoms with Crippen LogP contribution in [0.5, 0.6) is 23.0 Å². The van der Waals surface area contributed by atoms with Gasteiger partial charge in [0.25, 0.3) is 0 Å². The van der Waals surface area contributed by atoms with Crippen LogP contribution in [0.1, 0.15) is 104 Å². The Balaban J connectivity index is 0.000000237. The minimum atomic E-state index is -1.06. The highest BCUT2D eigenvalue weighted by atomic mass is 19.1. The lowest BCUT2D eigenvalue weighted by Gasteiger charge is -2.19. The molecule has 0 aliphatic carbocycles. The van der Waals surface area contributed by atoms with Gasteiger partial charge in [-0.25, -0.2) is 8.78 Å². The summed E-state index contributed by atoms with van der Waals surface area (Å²) in [6.45, 7) is 18.8. The number of hydrogen-bond donors (Lipinski definition) is 2. The molecule has 2 atom stereocenters. The van der Waals surface area contributed by atoms with E-state index in [9.17, 15) is 28.6 Å². The molecule has 384 valence electrons. The molecule has 6 aromatic rings. The Labute approximate surface area is 422 Å². The smallest absolute Gasteiger partial charge is 0.163 e. The molecule has 4 aromatic carbocycles. The van der Waals surface area contributed by atoms with Crippen LogP contribution >= 0.6 is 0 Å². The largest absolute Gasteiger partial charge is 0.457 e. The molecule has 1 fully saturated rings. The van der Waals surface area contributed by atoms with E-state index in [0.29, 0.717) is 52.3 Å². The summed E-state index contributed by atoms with van der Waals surface area (Å²) in [5.74, 6) is 0.707. The second-order valence-corrected chi connectivity index (χ2v) is 20.2. The van der Waals surface area contributed by atoms with E-state index < -0.39 is 35.1 Å². The highest BCUT2D eigenvalue weighted by molar-refractivity contribution is 5.86. The lowest BCUT2D eigenvalue weighted by atomic mass is 9.88. The third-order valence-corrected chi connectivity index (χ3v) is 11.5. The van der Waals surface area contributed by atoms with Crippen LogP contribution in [0.4, 0.5) is 8.78 Å². The van der Waals surface area contributed by atoms with E-state index in [1.165, 1.54) is 24.3 Å². The lowest BCUT2D eigenvalue weighted by molar-refractivity contribution is -0.178. The first-order valence-electron chi connectivity index (χ1n) is 23.6.